The van der Waals surface area contributed by atoms with Gasteiger partial charge in [0.25, 0.3) is 0 Å². The minimum absolute atomic E-state index is 0.394. The van der Waals surface area contributed by atoms with E-state index in [-0.39, 0.29) is 0 Å². The van der Waals surface area contributed by atoms with Gasteiger partial charge in [0.05, 0.1) is 0 Å². The van der Waals surface area contributed by atoms with Gasteiger partial charge in [0.2, 0.25) is 0 Å². The molecule has 2 nitrogen and oxygen atoms in total. The highest BCUT2D eigenvalue weighted by Crippen LogP contribution is 2.37. The minimum atomic E-state index is 0.394. The van der Waals surface area contributed by atoms with Crippen molar-refractivity contribution in [3.05, 3.63) is 42.0 Å². The number of benzene rings is 2. The Bertz CT molecular complexity index is 564. The number of fused-ring (bicyclic) bond motifs is 1. The maximum atomic E-state index is 10.0. The zero-order valence-corrected chi connectivity index (χ0v) is 10.7. The SMILES string of the molecule is CC1CC1CNCc1c(O)ccc2ccccc12. The summed E-state index contributed by atoms with van der Waals surface area (Å²) in [6.45, 7) is 4.10. The molecule has 2 heteroatoms. The molecule has 1 fully saturated rings. The number of nitrogens with one attached hydrogen (secondary N) is 1. The summed E-state index contributed by atoms with van der Waals surface area (Å²) in [6, 6.07) is 12.0. The first-order valence-electron chi connectivity index (χ1n) is 6.66. The van der Waals surface area contributed by atoms with E-state index < -0.39 is 0 Å². The third-order valence-electron chi connectivity index (χ3n) is 4.00. The molecule has 0 heterocycles. The number of phenols is 1. The molecule has 0 bridgehead atoms. The largest absolute Gasteiger partial charge is 0.508 e. The molecule has 0 saturated heterocycles. The Morgan fingerprint density at radius 1 is 1.22 bits per heavy atom. The highest BCUT2D eigenvalue weighted by Gasteiger charge is 2.31. The highest BCUT2D eigenvalue weighted by atomic mass is 16.3. The van der Waals surface area contributed by atoms with Crippen molar-refractivity contribution in [1.29, 1.82) is 0 Å². The average Bonchev–Trinajstić information content (AvgIpc) is 3.08. The van der Waals surface area contributed by atoms with E-state index in [0.717, 1.165) is 35.9 Å². The van der Waals surface area contributed by atoms with Crippen molar-refractivity contribution in [1.82, 2.24) is 5.32 Å². The number of phenolic OH excluding ortho intramolecular Hbond substituents is 1. The van der Waals surface area contributed by atoms with Gasteiger partial charge in [-0.25, -0.2) is 0 Å². The van der Waals surface area contributed by atoms with Gasteiger partial charge in [0, 0.05) is 12.1 Å². The molecule has 18 heavy (non-hydrogen) atoms. The lowest BCUT2D eigenvalue weighted by molar-refractivity contribution is 0.465. The first kappa shape index (κ1) is 11.5. The van der Waals surface area contributed by atoms with Crippen LogP contribution in [0.5, 0.6) is 5.75 Å². The molecular formula is C16H19NO. The van der Waals surface area contributed by atoms with Gasteiger partial charge in [0.1, 0.15) is 5.75 Å². The zero-order chi connectivity index (χ0) is 12.5. The van der Waals surface area contributed by atoms with E-state index in [4.69, 9.17) is 0 Å². The molecule has 0 amide bonds. The summed E-state index contributed by atoms with van der Waals surface area (Å²) in [5.74, 6) is 2.10. The van der Waals surface area contributed by atoms with Crippen molar-refractivity contribution < 1.29 is 5.11 Å². The lowest BCUT2D eigenvalue weighted by Gasteiger charge is -2.10. The van der Waals surface area contributed by atoms with Crippen LogP contribution in [0.25, 0.3) is 10.8 Å². The Morgan fingerprint density at radius 2 is 2.00 bits per heavy atom. The quantitative estimate of drug-likeness (QED) is 0.861. The topological polar surface area (TPSA) is 32.3 Å². The van der Waals surface area contributed by atoms with Gasteiger partial charge in [0.15, 0.2) is 0 Å². The molecule has 2 N–H and O–H groups in total. The van der Waals surface area contributed by atoms with Crippen molar-refractivity contribution >= 4 is 10.8 Å². The number of rotatable bonds is 4. The van der Waals surface area contributed by atoms with Gasteiger partial charge in [-0.2, -0.15) is 0 Å². The maximum absolute atomic E-state index is 10.0. The Hall–Kier alpha value is -1.54. The van der Waals surface area contributed by atoms with Gasteiger partial charge in [-0.3, -0.25) is 0 Å². The molecule has 0 spiro atoms. The summed E-state index contributed by atoms with van der Waals surface area (Å²) in [7, 11) is 0. The first-order chi connectivity index (χ1) is 8.75. The van der Waals surface area contributed by atoms with Crippen LogP contribution in [-0.2, 0) is 6.54 Å². The summed E-state index contributed by atoms with van der Waals surface area (Å²) >= 11 is 0. The van der Waals surface area contributed by atoms with E-state index in [1.54, 1.807) is 6.07 Å². The van der Waals surface area contributed by atoms with Gasteiger partial charge in [-0.1, -0.05) is 37.3 Å². The second-order valence-electron chi connectivity index (χ2n) is 5.39. The third kappa shape index (κ3) is 2.21. The van der Waals surface area contributed by atoms with Gasteiger partial charge < -0.3 is 10.4 Å². The summed E-state index contributed by atoms with van der Waals surface area (Å²) in [6.07, 6.45) is 1.34. The Morgan fingerprint density at radius 3 is 2.78 bits per heavy atom. The van der Waals surface area contributed by atoms with E-state index in [2.05, 4.69) is 24.4 Å². The first-order valence-corrected chi connectivity index (χ1v) is 6.66. The van der Waals surface area contributed by atoms with Gasteiger partial charge in [-0.15, -0.1) is 0 Å². The van der Waals surface area contributed by atoms with Crippen LogP contribution in [0.4, 0.5) is 0 Å². The van der Waals surface area contributed by atoms with Crippen LogP contribution in [0.15, 0.2) is 36.4 Å². The molecule has 3 rings (SSSR count). The van der Waals surface area contributed by atoms with Crippen LogP contribution in [0.2, 0.25) is 0 Å². The Balaban J connectivity index is 1.79. The molecule has 1 aliphatic rings. The third-order valence-corrected chi connectivity index (χ3v) is 4.00. The number of aromatic hydroxyl groups is 1. The van der Waals surface area contributed by atoms with Crippen molar-refractivity contribution in [2.24, 2.45) is 11.8 Å². The molecule has 0 aliphatic heterocycles. The summed E-state index contributed by atoms with van der Waals surface area (Å²) < 4.78 is 0. The van der Waals surface area contributed by atoms with Crippen molar-refractivity contribution in [2.75, 3.05) is 6.54 Å². The smallest absolute Gasteiger partial charge is 0.120 e. The monoisotopic (exact) mass is 241 g/mol. The van der Waals surface area contributed by atoms with E-state index in [1.807, 2.05) is 18.2 Å². The molecule has 0 radical (unpaired) electrons. The van der Waals surface area contributed by atoms with Crippen LogP contribution in [0.1, 0.15) is 18.9 Å². The predicted molar refractivity (Wildman–Crippen MR) is 74.6 cm³/mol. The minimum Gasteiger partial charge on any atom is -0.508 e. The van der Waals surface area contributed by atoms with E-state index in [1.165, 1.54) is 11.8 Å². The standard InChI is InChI=1S/C16H19NO/c1-11-8-13(11)9-17-10-15-14-5-3-2-4-12(14)6-7-16(15)18/h2-7,11,13,17-18H,8-10H2,1H3. The second kappa shape index (κ2) is 4.62. The predicted octanol–water partition coefficient (Wildman–Crippen LogP) is 3.29. The second-order valence-corrected chi connectivity index (χ2v) is 5.39. The molecule has 2 aromatic rings. The summed E-state index contributed by atoms with van der Waals surface area (Å²) in [5, 5.41) is 15.8. The van der Waals surface area contributed by atoms with Crippen molar-refractivity contribution in [2.45, 2.75) is 19.9 Å². The Labute approximate surface area is 108 Å². The molecule has 2 aromatic carbocycles. The lowest BCUT2D eigenvalue weighted by atomic mass is 10.0. The Kier molecular flexibility index (Phi) is 2.96. The molecular weight excluding hydrogens is 222 g/mol. The number of hydrogen-bond acceptors (Lipinski definition) is 2. The molecule has 2 unspecified atom stereocenters. The molecule has 0 aromatic heterocycles. The fourth-order valence-electron chi connectivity index (χ4n) is 2.58. The average molecular weight is 241 g/mol. The van der Waals surface area contributed by atoms with Crippen LogP contribution in [0, 0.1) is 11.8 Å². The van der Waals surface area contributed by atoms with Crippen LogP contribution < -0.4 is 5.32 Å². The van der Waals surface area contributed by atoms with E-state index in [9.17, 15) is 5.11 Å². The van der Waals surface area contributed by atoms with E-state index >= 15 is 0 Å². The van der Waals surface area contributed by atoms with Crippen molar-refractivity contribution in [3.8, 4) is 5.75 Å². The van der Waals surface area contributed by atoms with Crippen molar-refractivity contribution in [3.63, 3.8) is 0 Å². The highest BCUT2D eigenvalue weighted by molar-refractivity contribution is 5.87. The zero-order valence-electron chi connectivity index (χ0n) is 10.7. The van der Waals surface area contributed by atoms with E-state index in [0.29, 0.717) is 5.75 Å². The summed E-state index contributed by atoms with van der Waals surface area (Å²) in [5.41, 5.74) is 1.02. The lowest BCUT2D eigenvalue weighted by Crippen LogP contribution is -2.17. The molecule has 2 atom stereocenters. The summed E-state index contributed by atoms with van der Waals surface area (Å²) in [4.78, 5) is 0. The van der Waals surface area contributed by atoms with Gasteiger partial charge in [-0.05, 0) is 41.6 Å². The van der Waals surface area contributed by atoms with Crippen LogP contribution in [-0.4, -0.2) is 11.7 Å². The molecule has 1 saturated carbocycles. The van der Waals surface area contributed by atoms with Crippen LogP contribution >= 0.6 is 0 Å². The fourth-order valence-corrected chi connectivity index (χ4v) is 2.58. The molecule has 1 aliphatic carbocycles. The van der Waals surface area contributed by atoms with Crippen LogP contribution in [0.3, 0.4) is 0 Å². The van der Waals surface area contributed by atoms with Gasteiger partial charge >= 0.3 is 0 Å². The maximum Gasteiger partial charge on any atom is 0.120 e. The number of hydrogen-bond donors (Lipinski definition) is 2. The molecule has 94 valence electrons. The normalized spacial score (nSPS) is 22.3. The fraction of sp³-hybridized carbons (Fsp3) is 0.375.